The van der Waals surface area contributed by atoms with Gasteiger partial charge in [0.1, 0.15) is 12.0 Å². The third-order valence-electron chi connectivity index (χ3n) is 6.13. The summed E-state index contributed by atoms with van der Waals surface area (Å²) >= 11 is 0. The Balaban J connectivity index is 1.61. The molecule has 1 unspecified atom stereocenters. The molecule has 0 radical (unpaired) electrons. The first-order valence-electron chi connectivity index (χ1n) is 11.6. The average Bonchev–Trinajstić information content (AvgIpc) is 3.43. The molecule has 0 aromatic heterocycles. The predicted octanol–water partition coefficient (Wildman–Crippen LogP) is 5.95. The molecule has 3 aromatic rings. The lowest BCUT2D eigenvalue weighted by Gasteiger charge is -2.24. The van der Waals surface area contributed by atoms with Gasteiger partial charge in [0.2, 0.25) is 0 Å². The standard InChI is InChI=1S/C29H31NO4/c1-21(30-17-7-8-18-30)34-25-14-12-24(13-15-25)29(31)26(23-9-5-4-6-10-23)19-22-11-16-27(32-2)28(20-22)33-3/h4-6,9-16,19-21H,7-8,17-18H2,1-3H3/b26-19+. The van der Waals surface area contributed by atoms with Crippen LogP contribution in [0.15, 0.2) is 72.8 Å². The van der Waals surface area contributed by atoms with Gasteiger partial charge in [-0.25, -0.2) is 0 Å². The highest BCUT2D eigenvalue weighted by Gasteiger charge is 2.20. The van der Waals surface area contributed by atoms with Gasteiger partial charge in [-0.2, -0.15) is 0 Å². The molecule has 0 bridgehead atoms. The zero-order chi connectivity index (χ0) is 23.9. The Labute approximate surface area is 201 Å². The number of carbonyl (C=O) groups excluding carboxylic acids is 1. The van der Waals surface area contributed by atoms with Crippen LogP contribution in [0.5, 0.6) is 17.2 Å². The number of hydrogen-bond acceptors (Lipinski definition) is 5. The monoisotopic (exact) mass is 457 g/mol. The van der Waals surface area contributed by atoms with Gasteiger partial charge >= 0.3 is 0 Å². The Kier molecular flexibility index (Phi) is 7.65. The molecule has 1 saturated heterocycles. The summed E-state index contributed by atoms with van der Waals surface area (Å²) in [5, 5.41) is 0. The summed E-state index contributed by atoms with van der Waals surface area (Å²) in [5.41, 5.74) is 2.91. The highest BCUT2D eigenvalue weighted by atomic mass is 16.5. The topological polar surface area (TPSA) is 48.0 Å². The molecule has 5 nitrogen and oxygen atoms in total. The van der Waals surface area contributed by atoms with Gasteiger partial charge in [-0.15, -0.1) is 0 Å². The van der Waals surface area contributed by atoms with Crippen LogP contribution in [0, 0.1) is 0 Å². The highest BCUT2D eigenvalue weighted by molar-refractivity contribution is 6.32. The molecule has 0 N–H and O–H groups in total. The Morgan fingerprint density at radius 2 is 1.53 bits per heavy atom. The molecule has 5 heteroatoms. The maximum atomic E-state index is 13.6. The van der Waals surface area contributed by atoms with Crippen LogP contribution in [0.1, 0.15) is 41.3 Å². The van der Waals surface area contributed by atoms with Crippen molar-refractivity contribution >= 4 is 17.4 Å². The van der Waals surface area contributed by atoms with Crippen molar-refractivity contribution in [3.05, 3.63) is 89.5 Å². The number of carbonyl (C=O) groups is 1. The lowest BCUT2D eigenvalue weighted by atomic mass is 9.94. The minimum atomic E-state index is -0.0554. The second-order valence-electron chi connectivity index (χ2n) is 8.35. The van der Waals surface area contributed by atoms with Crippen LogP contribution in [0.25, 0.3) is 11.6 Å². The van der Waals surface area contributed by atoms with Crippen molar-refractivity contribution < 1.29 is 19.0 Å². The van der Waals surface area contributed by atoms with Crippen molar-refractivity contribution in [2.75, 3.05) is 27.3 Å². The quantitative estimate of drug-likeness (QED) is 0.226. The number of rotatable bonds is 9. The first-order valence-corrected chi connectivity index (χ1v) is 11.6. The van der Waals surface area contributed by atoms with Crippen LogP contribution < -0.4 is 14.2 Å². The molecule has 0 saturated carbocycles. The van der Waals surface area contributed by atoms with Crippen molar-refractivity contribution in [3.8, 4) is 17.2 Å². The van der Waals surface area contributed by atoms with Gasteiger partial charge in [-0.1, -0.05) is 36.4 Å². The zero-order valence-corrected chi connectivity index (χ0v) is 20.0. The minimum absolute atomic E-state index is 0.0221. The summed E-state index contributed by atoms with van der Waals surface area (Å²) in [6, 6.07) is 22.7. The Hall–Kier alpha value is -3.57. The van der Waals surface area contributed by atoms with Crippen LogP contribution in [0.3, 0.4) is 0 Å². The molecule has 176 valence electrons. The molecule has 4 rings (SSSR count). The van der Waals surface area contributed by atoms with E-state index >= 15 is 0 Å². The first-order chi connectivity index (χ1) is 16.6. The van der Waals surface area contributed by atoms with Crippen LogP contribution in [0.2, 0.25) is 0 Å². The van der Waals surface area contributed by atoms with E-state index in [1.54, 1.807) is 14.2 Å². The maximum Gasteiger partial charge on any atom is 0.193 e. The van der Waals surface area contributed by atoms with Crippen LogP contribution in [0.4, 0.5) is 0 Å². The maximum absolute atomic E-state index is 13.6. The van der Waals surface area contributed by atoms with Crippen molar-refractivity contribution in [2.24, 2.45) is 0 Å². The number of hydrogen-bond donors (Lipinski definition) is 0. The summed E-state index contributed by atoms with van der Waals surface area (Å²) < 4.78 is 16.9. The molecule has 0 spiro atoms. The summed E-state index contributed by atoms with van der Waals surface area (Å²) in [4.78, 5) is 15.9. The third kappa shape index (κ3) is 5.49. The molecular weight excluding hydrogens is 426 g/mol. The number of methoxy groups -OCH3 is 2. The SMILES string of the molecule is COc1ccc(/C=C(/C(=O)c2ccc(OC(C)N3CCCC3)cc2)c2ccccc2)cc1OC. The highest BCUT2D eigenvalue weighted by Crippen LogP contribution is 2.31. The molecule has 1 fully saturated rings. The van der Waals surface area contributed by atoms with E-state index in [4.69, 9.17) is 14.2 Å². The number of ether oxygens (including phenoxy) is 3. The molecule has 1 heterocycles. The van der Waals surface area contributed by atoms with Gasteiger partial charge in [-0.05, 0) is 73.4 Å². The first kappa shape index (κ1) is 23.6. The fourth-order valence-electron chi connectivity index (χ4n) is 4.22. The smallest absolute Gasteiger partial charge is 0.193 e. The molecular formula is C29H31NO4. The Morgan fingerprint density at radius 1 is 0.853 bits per heavy atom. The van der Waals surface area contributed by atoms with Crippen LogP contribution >= 0.6 is 0 Å². The van der Waals surface area contributed by atoms with E-state index in [1.807, 2.05) is 78.9 Å². The molecule has 0 amide bonds. The largest absolute Gasteiger partial charge is 0.493 e. The van der Waals surface area contributed by atoms with E-state index in [2.05, 4.69) is 11.8 Å². The summed E-state index contributed by atoms with van der Waals surface area (Å²) in [7, 11) is 3.20. The van der Waals surface area contributed by atoms with Gasteiger partial charge in [-0.3, -0.25) is 9.69 Å². The van der Waals surface area contributed by atoms with E-state index < -0.39 is 0 Å². The summed E-state index contributed by atoms with van der Waals surface area (Å²) in [6.45, 7) is 4.21. The number of allylic oxidation sites excluding steroid dienone is 1. The van der Waals surface area contributed by atoms with Crippen LogP contribution in [-0.4, -0.2) is 44.2 Å². The fraction of sp³-hybridized carbons (Fsp3) is 0.276. The van der Waals surface area contributed by atoms with E-state index in [0.717, 1.165) is 30.0 Å². The third-order valence-corrected chi connectivity index (χ3v) is 6.13. The molecule has 1 aliphatic rings. The van der Waals surface area contributed by atoms with E-state index in [9.17, 15) is 4.79 Å². The van der Waals surface area contributed by atoms with Crippen molar-refractivity contribution in [2.45, 2.75) is 26.0 Å². The Bertz CT molecular complexity index is 1130. The lowest BCUT2D eigenvalue weighted by Crippen LogP contribution is -2.34. The lowest BCUT2D eigenvalue weighted by molar-refractivity contribution is 0.0592. The van der Waals surface area contributed by atoms with E-state index in [0.29, 0.717) is 22.6 Å². The number of benzene rings is 3. The fourth-order valence-corrected chi connectivity index (χ4v) is 4.22. The van der Waals surface area contributed by atoms with E-state index in [-0.39, 0.29) is 12.0 Å². The van der Waals surface area contributed by atoms with Gasteiger partial charge in [0.15, 0.2) is 17.3 Å². The molecule has 0 aliphatic carbocycles. The van der Waals surface area contributed by atoms with Crippen LogP contribution in [-0.2, 0) is 0 Å². The number of likely N-dealkylation sites (tertiary alicyclic amines) is 1. The number of nitrogens with zero attached hydrogens (tertiary/aromatic N) is 1. The number of ketones is 1. The molecule has 3 aromatic carbocycles. The zero-order valence-electron chi connectivity index (χ0n) is 20.0. The number of Topliss-reactive ketones (excluding diaryl/α,β-unsaturated/α-hetero) is 1. The minimum Gasteiger partial charge on any atom is -0.493 e. The molecule has 1 atom stereocenters. The summed E-state index contributed by atoms with van der Waals surface area (Å²) in [6.07, 6.45) is 4.35. The van der Waals surface area contributed by atoms with Crippen molar-refractivity contribution in [3.63, 3.8) is 0 Å². The van der Waals surface area contributed by atoms with E-state index in [1.165, 1.54) is 12.8 Å². The van der Waals surface area contributed by atoms with Crippen molar-refractivity contribution in [1.82, 2.24) is 4.90 Å². The molecule has 1 aliphatic heterocycles. The summed E-state index contributed by atoms with van der Waals surface area (Å²) in [5.74, 6) is 1.97. The second-order valence-corrected chi connectivity index (χ2v) is 8.35. The predicted molar refractivity (Wildman–Crippen MR) is 136 cm³/mol. The molecule has 34 heavy (non-hydrogen) atoms. The second kappa shape index (κ2) is 11.0. The van der Waals surface area contributed by atoms with Gasteiger partial charge in [0.25, 0.3) is 0 Å². The average molecular weight is 458 g/mol. The normalized spacial score (nSPS) is 15.1. The van der Waals surface area contributed by atoms with Gasteiger partial charge in [0, 0.05) is 24.2 Å². The van der Waals surface area contributed by atoms with Gasteiger partial charge < -0.3 is 14.2 Å². The Morgan fingerprint density at radius 3 is 2.18 bits per heavy atom. The van der Waals surface area contributed by atoms with Crippen molar-refractivity contribution in [1.29, 1.82) is 0 Å². The van der Waals surface area contributed by atoms with Gasteiger partial charge in [0.05, 0.1) is 14.2 Å².